The van der Waals surface area contributed by atoms with Crippen LogP contribution >= 0.6 is 11.3 Å². The van der Waals surface area contributed by atoms with Crippen LogP contribution in [0.25, 0.3) is 0 Å². The van der Waals surface area contributed by atoms with Gasteiger partial charge >= 0.3 is 0 Å². The molecule has 1 saturated carbocycles. The lowest BCUT2D eigenvalue weighted by atomic mass is 10.2. The molecule has 0 saturated heterocycles. The molecule has 1 aromatic rings. The largest absolute Gasteiger partial charge is 0.314 e. The molecular formula is C13H22N2S. The van der Waals surface area contributed by atoms with Gasteiger partial charge < -0.3 is 5.32 Å². The minimum absolute atomic E-state index is 0.571. The SMILES string of the molecule is CC(C)c1nc(CCNC2CCCC2)cs1. The maximum absolute atomic E-state index is 4.65. The lowest BCUT2D eigenvalue weighted by Crippen LogP contribution is -2.28. The molecule has 0 aliphatic heterocycles. The Kier molecular flexibility index (Phi) is 4.36. The Morgan fingerprint density at radius 2 is 2.19 bits per heavy atom. The summed E-state index contributed by atoms with van der Waals surface area (Å²) in [5, 5.41) is 7.12. The van der Waals surface area contributed by atoms with Crippen molar-refractivity contribution in [1.82, 2.24) is 10.3 Å². The molecule has 1 N–H and O–H groups in total. The van der Waals surface area contributed by atoms with Crippen LogP contribution in [0.3, 0.4) is 0 Å². The van der Waals surface area contributed by atoms with Gasteiger partial charge in [0.05, 0.1) is 10.7 Å². The molecule has 0 spiro atoms. The lowest BCUT2D eigenvalue weighted by Gasteiger charge is -2.10. The highest BCUT2D eigenvalue weighted by Crippen LogP contribution is 2.20. The molecule has 0 aromatic carbocycles. The lowest BCUT2D eigenvalue weighted by molar-refractivity contribution is 0.526. The average Bonchev–Trinajstić information content (AvgIpc) is 2.87. The second-order valence-corrected chi connectivity index (χ2v) is 5.91. The number of hydrogen-bond acceptors (Lipinski definition) is 3. The molecule has 3 heteroatoms. The number of thiazole rings is 1. The summed E-state index contributed by atoms with van der Waals surface area (Å²) in [6, 6.07) is 0.781. The summed E-state index contributed by atoms with van der Waals surface area (Å²) < 4.78 is 0. The molecule has 0 amide bonds. The molecule has 1 heterocycles. The van der Waals surface area contributed by atoms with Gasteiger partial charge in [-0.1, -0.05) is 26.7 Å². The molecule has 2 rings (SSSR count). The highest BCUT2D eigenvalue weighted by atomic mass is 32.1. The van der Waals surface area contributed by atoms with Gasteiger partial charge in [0.2, 0.25) is 0 Å². The fraction of sp³-hybridized carbons (Fsp3) is 0.769. The third kappa shape index (κ3) is 3.29. The Morgan fingerprint density at radius 3 is 2.81 bits per heavy atom. The van der Waals surface area contributed by atoms with Gasteiger partial charge in [0.15, 0.2) is 0 Å². The van der Waals surface area contributed by atoms with Gasteiger partial charge in [-0.05, 0) is 12.8 Å². The average molecular weight is 238 g/mol. The minimum atomic E-state index is 0.571. The van der Waals surface area contributed by atoms with Crippen LogP contribution in [0.15, 0.2) is 5.38 Å². The van der Waals surface area contributed by atoms with Crippen molar-refractivity contribution in [3.05, 3.63) is 16.1 Å². The van der Waals surface area contributed by atoms with E-state index in [1.807, 2.05) is 0 Å². The second kappa shape index (κ2) is 5.78. The van der Waals surface area contributed by atoms with Crippen molar-refractivity contribution in [3.8, 4) is 0 Å². The highest BCUT2D eigenvalue weighted by molar-refractivity contribution is 7.09. The normalized spacial score (nSPS) is 17.4. The summed E-state index contributed by atoms with van der Waals surface area (Å²) in [5.74, 6) is 0.571. The predicted molar refractivity (Wildman–Crippen MR) is 70.2 cm³/mol. The Bertz CT molecular complexity index is 313. The number of nitrogens with zero attached hydrogens (tertiary/aromatic N) is 1. The maximum atomic E-state index is 4.65. The van der Waals surface area contributed by atoms with Crippen LogP contribution in [0.4, 0.5) is 0 Å². The molecule has 0 bridgehead atoms. The first-order valence-corrected chi connectivity index (χ1v) is 7.31. The molecule has 0 radical (unpaired) electrons. The van der Waals surface area contributed by atoms with Gasteiger partial charge in [-0.3, -0.25) is 0 Å². The van der Waals surface area contributed by atoms with E-state index < -0.39 is 0 Å². The van der Waals surface area contributed by atoms with E-state index in [1.54, 1.807) is 11.3 Å². The van der Waals surface area contributed by atoms with E-state index in [2.05, 4.69) is 29.5 Å². The Balaban J connectivity index is 1.72. The van der Waals surface area contributed by atoms with Crippen LogP contribution in [0.2, 0.25) is 0 Å². The van der Waals surface area contributed by atoms with E-state index in [0.29, 0.717) is 5.92 Å². The zero-order chi connectivity index (χ0) is 11.4. The van der Waals surface area contributed by atoms with E-state index in [9.17, 15) is 0 Å². The van der Waals surface area contributed by atoms with Gasteiger partial charge in [-0.2, -0.15) is 0 Å². The Morgan fingerprint density at radius 1 is 1.44 bits per heavy atom. The third-order valence-corrected chi connectivity index (χ3v) is 4.43. The van der Waals surface area contributed by atoms with Crippen LogP contribution in [-0.4, -0.2) is 17.6 Å². The van der Waals surface area contributed by atoms with E-state index in [0.717, 1.165) is 19.0 Å². The van der Waals surface area contributed by atoms with Crippen molar-refractivity contribution in [3.63, 3.8) is 0 Å². The van der Waals surface area contributed by atoms with Crippen LogP contribution in [0.5, 0.6) is 0 Å². The van der Waals surface area contributed by atoms with Crippen LogP contribution < -0.4 is 5.32 Å². The van der Waals surface area contributed by atoms with Gasteiger partial charge in [0.1, 0.15) is 0 Å². The first-order valence-electron chi connectivity index (χ1n) is 6.43. The van der Waals surface area contributed by atoms with E-state index in [1.165, 1.54) is 36.4 Å². The van der Waals surface area contributed by atoms with E-state index in [-0.39, 0.29) is 0 Å². The van der Waals surface area contributed by atoms with E-state index >= 15 is 0 Å². The molecule has 1 aromatic heterocycles. The van der Waals surface area contributed by atoms with Crippen LogP contribution in [-0.2, 0) is 6.42 Å². The summed E-state index contributed by atoms with van der Waals surface area (Å²) in [5.41, 5.74) is 1.26. The Labute approximate surface area is 102 Å². The van der Waals surface area contributed by atoms with E-state index in [4.69, 9.17) is 0 Å². The first kappa shape index (κ1) is 12.1. The van der Waals surface area contributed by atoms with Gasteiger partial charge in [-0.15, -0.1) is 11.3 Å². The zero-order valence-electron chi connectivity index (χ0n) is 10.3. The smallest absolute Gasteiger partial charge is 0.0953 e. The molecule has 16 heavy (non-hydrogen) atoms. The number of rotatable bonds is 5. The number of hydrogen-bond donors (Lipinski definition) is 1. The first-order chi connectivity index (χ1) is 7.75. The second-order valence-electron chi connectivity index (χ2n) is 5.02. The van der Waals surface area contributed by atoms with Gasteiger partial charge in [0, 0.05) is 30.3 Å². The summed E-state index contributed by atoms with van der Waals surface area (Å²) in [4.78, 5) is 4.65. The summed E-state index contributed by atoms with van der Waals surface area (Å²) in [6.07, 6.45) is 6.64. The Hall–Kier alpha value is -0.410. The van der Waals surface area contributed by atoms with Crippen molar-refractivity contribution in [2.75, 3.05) is 6.54 Å². The quantitative estimate of drug-likeness (QED) is 0.851. The third-order valence-electron chi connectivity index (χ3n) is 3.23. The van der Waals surface area contributed by atoms with Gasteiger partial charge in [-0.25, -0.2) is 4.98 Å². The van der Waals surface area contributed by atoms with Crippen molar-refractivity contribution in [2.24, 2.45) is 0 Å². The minimum Gasteiger partial charge on any atom is -0.314 e. The molecule has 2 nitrogen and oxygen atoms in total. The van der Waals surface area contributed by atoms with Crippen LogP contribution in [0, 0.1) is 0 Å². The number of nitrogens with one attached hydrogen (secondary N) is 1. The molecular weight excluding hydrogens is 216 g/mol. The molecule has 0 unspecified atom stereocenters. The summed E-state index contributed by atoms with van der Waals surface area (Å²) >= 11 is 1.80. The standard InChI is InChI=1S/C13H22N2S/c1-10(2)13-15-12(9-16-13)7-8-14-11-5-3-4-6-11/h9-11,14H,3-8H2,1-2H3. The monoisotopic (exact) mass is 238 g/mol. The highest BCUT2D eigenvalue weighted by Gasteiger charge is 2.13. The molecule has 1 fully saturated rings. The zero-order valence-corrected chi connectivity index (χ0v) is 11.1. The summed E-state index contributed by atoms with van der Waals surface area (Å²) in [7, 11) is 0. The maximum Gasteiger partial charge on any atom is 0.0953 e. The van der Waals surface area contributed by atoms with Crippen molar-refractivity contribution < 1.29 is 0 Å². The molecule has 0 atom stereocenters. The molecule has 90 valence electrons. The summed E-state index contributed by atoms with van der Waals surface area (Å²) in [6.45, 7) is 5.50. The predicted octanol–water partition coefficient (Wildman–Crippen LogP) is 3.34. The topological polar surface area (TPSA) is 24.9 Å². The fourth-order valence-electron chi connectivity index (χ4n) is 2.24. The molecule has 1 aliphatic carbocycles. The van der Waals surface area contributed by atoms with Crippen molar-refractivity contribution in [1.29, 1.82) is 0 Å². The molecule has 1 aliphatic rings. The van der Waals surface area contributed by atoms with Crippen molar-refractivity contribution >= 4 is 11.3 Å². The van der Waals surface area contributed by atoms with Crippen LogP contribution in [0.1, 0.15) is 56.2 Å². The fourth-order valence-corrected chi connectivity index (χ4v) is 3.11. The number of aromatic nitrogens is 1. The van der Waals surface area contributed by atoms with Crippen molar-refractivity contribution in [2.45, 2.75) is 57.9 Å². The van der Waals surface area contributed by atoms with Gasteiger partial charge in [0.25, 0.3) is 0 Å².